The summed E-state index contributed by atoms with van der Waals surface area (Å²) in [5.41, 5.74) is 0. The third-order valence-corrected chi connectivity index (χ3v) is 3.28. The lowest BCUT2D eigenvalue weighted by Crippen LogP contribution is -2.25. The van der Waals surface area contributed by atoms with Gasteiger partial charge in [0.2, 0.25) is 0 Å². The average Bonchev–Trinajstić information content (AvgIpc) is 2.04. The Labute approximate surface area is 85.7 Å². The maximum Gasteiger partial charge on any atom is 0.125 e. The Hall–Kier alpha value is 0.0649. The molecular formula is C12H26B. The second-order valence-electron chi connectivity index (χ2n) is 5.24. The first kappa shape index (κ1) is 13.1. The lowest BCUT2D eigenvalue weighted by atomic mass is 9.38. The van der Waals surface area contributed by atoms with Crippen molar-refractivity contribution < 1.29 is 0 Å². The summed E-state index contributed by atoms with van der Waals surface area (Å²) in [7, 11) is 2.57. The molecule has 1 unspecified atom stereocenters. The highest BCUT2D eigenvalue weighted by molar-refractivity contribution is 6.43. The van der Waals surface area contributed by atoms with Gasteiger partial charge in [-0.1, -0.05) is 77.9 Å². The van der Waals surface area contributed by atoms with E-state index >= 15 is 0 Å². The molecule has 0 spiro atoms. The van der Waals surface area contributed by atoms with Crippen molar-refractivity contribution in [3.63, 3.8) is 0 Å². The van der Waals surface area contributed by atoms with Crippen LogP contribution >= 0.6 is 0 Å². The van der Waals surface area contributed by atoms with Crippen LogP contribution in [0.2, 0.25) is 10.6 Å². The molecule has 0 aromatic rings. The normalized spacial score (nSPS) is 16.8. The molecule has 0 bridgehead atoms. The molecule has 1 atom stereocenters. The highest BCUT2D eigenvalue weighted by atomic mass is 14.2. The van der Waals surface area contributed by atoms with Gasteiger partial charge in [-0.05, 0) is 0 Å². The van der Waals surface area contributed by atoms with E-state index in [1.807, 2.05) is 0 Å². The van der Waals surface area contributed by atoms with Crippen molar-refractivity contribution in [1.82, 2.24) is 0 Å². The molecular weight excluding hydrogens is 155 g/mol. The van der Waals surface area contributed by atoms with Gasteiger partial charge in [0.05, 0.1) is 0 Å². The minimum atomic E-state index is 0.403. The second-order valence-corrected chi connectivity index (χ2v) is 5.24. The smallest absolute Gasteiger partial charge is 0.0671 e. The maximum absolute atomic E-state index is 2.57. The Morgan fingerprint density at radius 3 is 1.77 bits per heavy atom. The Morgan fingerprint density at radius 1 is 0.923 bits per heavy atom. The van der Waals surface area contributed by atoms with Crippen LogP contribution in [0.1, 0.15) is 67.2 Å². The molecule has 13 heavy (non-hydrogen) atoms. The minimum Gasteiger partial charge on any atom is -0.0671 e. The van der Waals surface area contributed by atoms with Gasteiger partial charge in [0.1, 0.15) is 7.28 Å². The molecule has 0 heterocycles. The summed E-state index contributed by atoms with van der Waals surface area (Å²) in [5, 5.41) is 0.855. The summed E-state index contributed by atoms with van der Waals surface area (Å²) in [6.07, 6.45) is 5.13. The zero-order valence-electron chi connectivity index (χ0n) is 10.4. The molecule has 0 saturated heterocycles. The molecule has 0 fully saturated rings. The molecule has 0 aromatic carbocycles. The maximum atomic E-state index is 2.57. The highest BCUT2D eigenvalue weighted by Gasteiger charge is 2.30. The molecule has 0 rings (SSSR count). The van der Waals surface area contributed by atoms with Crippen LogP contribution in [0.4, 0.5) is 0 Å². The molecule has 0 nitrogen and oxygen atoms in total. The molecule has 0 N–H and O–H groups in total. The SMILES string of the molecule is CCCC(C)([B]C(C)(C)CC)CC. The van der Waals surface area contributed by atoms with E-state index in [0.29, 0.717) is 10.6 Å². The number of hydrogen-bond donors (Lipinski definition) is 0. The predicted molar refractivity (Wildman–Crippen MR) is 63.7 cm³/mol. The number of hydrogen-bond acceptors (Lipinski definition) is 0. The molecule has 0 aromatic heterocycles. The van der Waals surface area contributed by atoms with E-state index in [9.17, 15) is 0 Å². The van der Waals surface area contributed by atoms with E-state index in [2.05, 4.69) is 48.8 Å². The summed E-state index contributed by atoms with van der Waals surface area (Å²) in [4.78, 5) is 0. The van der Waals surface area contributed by atoms with Crippen molar-refractivity contribution in [3.05, 3.63) is 0 Å². The van der Waals surface area contributed by atoms with Crippen LogP contribution in [0.5, 0.6) is 0 Å². The fourth-order valence-corrected chi connectivity index (χ4v) is 1.97. The lowest BCUT2D eigenvalue weighted by Gasteiger charge is -2.35. The zero-order chi connectivity index (χ0) is 10.5. The number of rotatable bonds is 6. The summed E-state index contributed by atoms with van der Waals surface area (Å²) >= 11 is 0. The van der Waals surface area contributed by atoms with Gasteiger partial charge in [0.25, 0.3) is 0 Å². The van der Waals surface area contributed by atoms with E-state index in [1.54, 1.807) is 0 Å². The quantitative estimate of drug-likeness (QED) is 0.521. The first-order chi connectivity index (χ1) is 5.89. The molecule has 77 valence electrons. The Bertz CT molecular complexity index is 140. The summed E-state index contributed by atoms with van der Waals surface area (Å²) in [6, 6.07) is 0. The van der Waals surface area contributed by atoms with Crippen LogP contribution in [-0.4, -0.2) is 7.28 Å². The van der Waals surface area contributed by atoms with E-state index in [0.717, 1.165) is 0 Å². The van der Waals surface area contributed by atoms with Gasteiger partial charge in [-0.15, -0.1) is 0 Å². The van der Waals surface area contributed by atoms with Gasteiger partial charge in [-0.2, -0.15) is 0 Å². The van der Waals surface area contributed by atoms with Crippen LogP contribution in [0.25, 0.3) is 0 Å². The van der Waals surface area contributed by atoms with Gasteiger partial charge < -0.3 is 0 Å². The topological polar surface area (TPSA) is 0 Å². The molecule has 1 heteroatoms. The summed E-state index contributed by atoms with van der Waals surface area (Å²) in [5.74, 6) is 0. The van der Waals surface area contributed by atoms with Crippen LogP contribution in [-0.2, 0) is 0 Å². The summed E-state index contributed by atoms with van der Waals surface area (Å²) < 4.78 is 0. The van der Waals surface area contributed by atoms with Crippen molar-refractivity contribution in [2.75, 3.05) is 0 Å². The first-order valence-electron chi connectivity index (χ1n) is 5.76. The van der Waals surface area contributed by atoms with Gasteiger partial charge in [-0.3, -0.25) is 0 Å². The molecule has 0 aliphatic heterocycles. The predicted octanol–water partition coefficient (Wildman–Crippen LogP) is 4.69. The molecule has 0 aliphatic carbocycles. The van der Waals surface area contributed by atoms with Crippen LogP contribution in [0.3, 0.4) is 0 Å². The monoisotopic (exact) mass is 181 g/mol. The first-order valence-corrected chi connectivity index (χ1v) is 5.76. The standard InChI is InChI=1S/C12H26B/c1-7-10-12(6,9-3)13-11(4,5)8-2/h7-10H2,1-6H3. The van der Waals surface area contributed by atoms with Crippen LogP contribution < -0.4 is 0 Å². The Morgan fingerprint density at radius 2 is 1.46 bits per heavy atom. The van der Waals surface area contributed by atoms with Crippen molar-refractivity contribution >= 4 is 7.28 Å². The summed E-state index contributed by atoms with van der Waals surface area (Å²) in [6.45, 7) is 13.9. The van der Waals surface area contributed by atoms with Gasteiger partial charge in [0.15, 0.2) is 0 Å². The highest BCUT2D eigenvalue weighted by Crippen LogP contribution is 2.43. The van der Waals surface area contributed by atoms with E-state index in [-0.39, 0.29) is 0 Å². The van der Waals surface area contributed by atoms with Gasteiger partial charge in [0, 0.05) is 0 Å². The largest absolute Gasteiger partial charge is 0.125 e. The third-order valence-electron chi connectivity index (χ3n) is 3.28. The molecule has 0 saturated carbocycles. The zero-order valence-corrected chi connectivity index (χ0v) is 10.4. The van der Waals surface area contributed by atoms with Crippen molar-refractivity contribution in [2.45, 2.75) is 77.9 Å². The Balaban J connectivity index is 4.25. The third kappa shape index (κ3) is 4.74. The fraction of sp³-hybridized carbons (Fsp3) is 1.00. The van der Waals surface area contributed by atoms with Crippen molar-refractivity contribution in [1.29, 1.82) is 0 Å². The fourth-order valence-electron chi connectivity index (χ4n) is 1.97. The van der Waals surface area contributed by atoms with E-state index in [1.165, 1.54) is 25.7 Å². The van der Waals surface area contributed by atoms with Crippen molar-refractivity contribution in [2.24, 2.45) is 0 Å². The second kappa shape index (κ2) is 5.07. The van der Waals surface area contributed by atoms with Crippen LogP contribution in [0.15, 0.2) is 0 Å². The van der Waals surface area contributed by atoms with E-state index in [4.69, 9.17) is 0 Å². The molecule has 1 radical (unpaired) electrons. The average molecular weight is 181 g/mol. The van der Waals surface area contributed by atoms with Gasteiger partial charge in [-0.25, -0.2) is 0 Å². The van der Waals surface area contributed by atoms with Crippen molar-refractivity contribution in [3.8, 4) is 0 Å². The molecule has 0 aliphatic rings. The van der Waals surface area contributed by atoms with Gasteiger partial charge >= 0.3 is 0 Å². The Kier molecular flexibility index (Phi) is 5.10. The molecule has 0 amide bonds. The lowest BCUT2D eigenvalue weighted by molar-refractivity contribution is 0.497. The van der Waals surface area contributed by atoms with E-state index < -0.39 is 0 Å². The van der Waals surface area contributed by atoms with Crippen LogP contribution in [0, 0.1) is 0 Å². The minimum absolute atomic E-state index is 0.403.